The normalized spacial score (nSPS) is 13.2. The van der Waals surface area contributed by atoms with Gasteiger partial charge in [-0.3, -0.25) is 4.90 Å². The largest absolute Gasteiger partial charge is 0.447 e. The maximum absolute atomic E-state index is 12.8. The van der Waals surface area contributed by atoms with Crippen LogP contribution in [0.3, 0.4) is 0 Å². The second-order valence-corrected chi connectivity index (χ2v) is 7.98. The van der Waals surface area contributed by atoms with E-state index >= 15 is 0 Å². The summed E-state index contributed by atoms with van der Waals surface area (Å²) in [5.74, 6) is 6.03. The number of nitrogens with zero attached hydrogens (tertiary/aromatic N) is 2. The fourth-order valence-electron chi connectivity index (χ4n) is 2.78. The van der Waals surface area contributed by atoms with Crippen LogP contribution >= 0.6 is 0 Å². The number of hydrogen-bond donors (Lipinski definition) is 1. The molecule has 0 bridgehead atoms. The monoisotopic (exact) mass is 469 g/mol. The van der Waals surface area contributed by atoms with Crippen molar-refractivity contribution < 1.29 is 28.6 Å². The Morgan fingerprint density at radius 1 is 1.18 bits per heavy atom. The first-order chi connectivity index (χ1) is 16.2. The number of carbonyl (C=O) groups excluding carboxylic acids is 3. The van der Waals surface area contributed by atoms with Crippen molar-refractivity contribution in [3.63, 3.8) is 0 Å². The minimum atomic E-state index is -0.840. The second kappa shape index (κ2) is 12.9. The van der Waals surface area contributed by atoms with Gasteiger partial charge in [-0.15, -0.1) is 0 Å². The third kappa shape index (κ3) is 8.90. The Bertz CT molecular complexity index is 975. The highest BCUT2D eigenvalue weighted by Gasteiger charge is 2.27. The van der Waals surface area contributed by atoms with Crippen LogP contribution in [0.2, 0.25) is 0 Å². The molecule has 0 spiro atoms. The van der Waals surface area contributed by atoms with Crippen molar-refractivity contribution in [1.29, 1.82) is 0 Å². The molecule has 2 rings (SSSR count). The summed E-state index contributed by atoms with van der Waals surface area (Å²) in [5.41, 5.74) is 4.15. The molecular weight excluding hydrogens is 438 g/mol. The Balaban J connectivity index is 2.27. The van der Waals surface area contributed by atoms with Crippen LogP contribution in [0.25, 0.3) is 0 Å². The Morgan fingerprint density at radius 3 is 2.44 bits per heavy atom. The molecule has 0 saturated carbocycles. The zero-order valence-corrected chi connectivity index (χ0v) is 20.0. The van der Waals surface area contributed by atoms with Crippen LogP contribution in [-0.4, -0.2) is 53.5 Å². The van der Waals surface area contributed by atoms with E-state index in [4.69, 9.17) is 14.2 Å². The van der Waals surface area contributed by atoms with E-state index in [2.05, 4.69) is 23.8 Å². The van der Waals surface area contributed by atoms with Crippen LogP contribution in [0.4, 0.5) is 14.4 Å². The third-order valence-electron chi connectivity index (χ3n) is 4.29. The van der Waals surface area contributed by atoms with Crippen molar-refractivity contribution in [1.82, 2.24) is 15.3 Å². The average molecular weight is 470 g/mol. The van der Waals surface area contributed by atoms with Gasteiger partial charge in [0.1, 0.15) is 6.61 Å². The van der Waals surface area contributed by atoms with Crippen molar-refractivity contribution >= 4 is 18.3 Å². The van der Waals surface area contributed by atoms with Gasteiger partial charge in [-0.25, -0.2) is 19.8 Å². The zero-order chi connectivity index (χ0) is 25.1. The maximum Gasteiger partial charge on any atom is 0.433 e. The van der Waals surface area contributed by atoms with E-state index in [1.165, 1.54) is 11.1 Å². The van der Waals surface area contributed by atoms with Crippen molar-refractivity contribution in [2.45, 2.75) is 52.7 Å². The Labute approximate surface area is 200 Å². The lowest BCUT2D eigenvalue weighted by Gasteiger charge is -2.27. The predicted octanol–water partition coefficient (Wildman–Crippen LogP) is 4.56. The number of allylic oxidation sites excluding steroid dienone is 2. The predicted molar refractivity (Wildman–Crippen MR) is 126 cm³/mol. The third-order valence-corrected chi connectivity index (χ3v) is 4.29. The highest BCUT2D eigenvalue weighted by molar-refractivity contribution is 5.76. The summed E-state index contributed by atoms with van der Waals surface area (Å²) >= 11 is 0. The number of cyclic esters (lactones) is 1. The number of nitrogens with one attached hydrogen (secondary N) is 1. The van der Waals surface area contributed by atoms with Gasteiger partial charge in [-0.1, -0.05) is 36.6 Å². The molecule has 0 atom stereocenters. The Morgan fingerprint density at radius 2 is 1.85 bits per heavy atom. The van der Waals surface area contributed by atoms with Crippen molar-refractivity contribution in [3.8, 4) is 11.8 Å². The molecule has 1 saturated heterocycles. The highest BCUT2D eigenvalue weighted by atomic mass is 16.6. The molecule has 9 heteroatoms. The molecule has 0 radical (unpaired) electrons. The van der Waals surface area contributed by atoms with Gasteiger partial charge in [-0.05, 0) is 58.2 Å². The van der Waals surface area contributed by atoms with Crippen LogP contribution in [0.1, 0.15) is 46.1 Å². The van der Waals surface area contributed by atoms with Crippen molar-refractivity contribution in [2.75, 3.05) is 13.2 Å². The Kier molecular flexibility index (Phi) is 10.0. The molecule has 182 valence electrons. The number of hydrogen-bond acceptors (Lipinski definition) is 6. The molecule has 1 aromatic carbocycles. The zero-order valence-electron chi connectivity index (χ0n) is 20.0. The summed E-state index contributed by atoms with van der Waals surface area (Å²) < 4.78 is 15.4. The lowest BCUT2D eigenvalue weighted by Crippen LogP contribution is -2.47. The van der Waals surface area contributed by atoms with Crippen LogP contribution in [-0.2, 0) is 14.2 Å². The van der Waals surface area contributed by atoms with Crippen LogP contribution in [0.15, 0.2) is 54.4 Å². The van der Waals surface area contributed by atoms with Gasteiger partial charge >= 0.3 is 18.3 Å². The van der Waals surface area contributed by atoms with E-state index < -0.39 is 30.5 Å². The molecule has 1 heterocycles. The van der Waals surface area contributed by atoms with Crippen molar-refractivity contribution in [3.05, 3.63) is 59.9 Å². The number of rotatable bonds is 7. The lowest BCUT2D eigenvalue weighted by molar-refractivity contribution is 0.0566. The summed E-state index contributed by atoms with van der Waals surface area (Å²) in [4.78, 5) is 38.5. The summed E-state index contributed by atoms with van der Waals surface area (Å²) in [6.07, 6.45) is -1.03. The molecular formula is C25H31N3O6. The number of hydrazine groups is 1. The van der Waals surface area contributed by atoms with E-state index in [9.17, 15) is 14.4 Å². The first kappa shape index (κ1) is 26.3. The number of benzene rings is 1. The van der Waals surface area contributed by atoms with Crippen LogP contribution in [0.5, 0.6) is 0 Å². The molecule has 1 fully saturated rings. The highest BCUT2D eigenvalue weighted by Crippen LogP contribution is 2.18. The quantitative estimate of drug-likeness (QED) is 0.357. The van der Waals surface area contributed by atoms with Gasteiger partial charge in [0.05, 0.1) is 24.4 Å². The average Bonchev–Trinajstić information content (AvgIpc) is 3.17. The van der Waals surface area contributed by atoms with Crippen molar-refractivity contribution in [2.24, 2.45) is 0 Å². The minimum Gasteiger partial charge on any atom is -0.447 e. The van der Waals surface area contributed by atoms with E-state index in [1.54, 1.807) is 27.7 Å². The van der Waals surface area contributed by atoms with Gasteiger partial charge in [-0.2, -0.15) is 5.01 Å². The molecule has 3 amide bonds. The molecule has 0 unspecified atom stereocenters. The SMILES string of the molecule is C=C(C#Cc1ccccc1)CC/C(=C/N1CCOC1=O)N(NC(=O)OC(C)C)C(=O)OC(C)C. The van der Waals surface area contributed by atoms with Gasteiger partial charge < -0.3 is 14.2 Å². The topological polar surface area (TPSA) is 97.4 Å². The first-order valence-corrected chi connectivity index (χ1v) is 11.0. The van der Waals surface area contributed by atoms with Gasteiger partial charge in [0.15, 0.2) is 0 Å². The second-order valence-electron chi connectivity index (χ2n) is 7.98. The first-order valence-electron chi connectivity index (χ1n) is 11.0. The maximum atomic E-state index is 12.8. The minimum absolute atomic E-state index is 0.219. The summed E-state index contributed by atoms with van der Waals surface area (Å²) in [7, 11) is 0. The summed E-state index contributed by atoms with van der Waals surface area (Å²) in [6, 6.07) is 9.46. The number of carbonyl (C=O) groups is 3. The van der Waals surface area contributed by atoms with Gasteiger partial charge in [0, 0.05) is 11.8 Å². The molecule has 34 heavy (non-hydrogen) atoms. The van der Waals surface area contributed by atoms with Gasteiger partial charge in [0.25, 0.3) is 0 Å². The van der Waals surface area contributed by atoms with E-state index in [0.29, 0.717) is 18.5 Å². The number of ether oxygens (including phenoxy) is 3. The lowest BCUT2D eigenvalue weighted by atomic mass is 10.1. The molecule has 1 N–H and O–H groups in total. The summed E-state index contributed by atoms with van der Waals surface area (Å²) in [5, 5.41) is 0.939. The molecule has 1 aliphatic heterocycles. The molecule has 1 aromatic rings. The van der Waals surface area contributed by atoms with Crippen LogP contribution < -0.4 is 5.43 Å². The van der Waals surface area contributed by atoms with E-state index in [1.807, 2.05) is 30.3 Å². The molecule has 0 aromatic heterocycles. The smallest absolute Gasteiger partial charge is 0.433 e. The molecule has 0 aliphatic carbocycles. The fourth-order valence-corrected chi connectivity index (χ4v) is 2.78. The summed E-state index contributed by atoms with van der Waals surface area (Å²) in [6.45, 7) is 11.3. The molecule has 1 aliphatic rings. The standard InChI is InChI=1S/C25H31N3O6/c1-18(2)33-23(29)26-28(25(31)34-19(3)4)22(17-27-15-16-32-24(27)30)14-12-20(5)11-13-21-9-7-6-8-10-21/h6-10,17-19H,5,12,14-16H2,1-4H3,(H,26,29)/b22-17-. The fraction of sp³-hybridized carbons (Fsp3) is 0.400. The number of amides is 3. The van der Waals surface area contributed by atoms with Crippen LogP contribution in [0, 0.1) is 11.8 Å². The van der Waals surface area contributed by atoms with Gasteiger partial charge in [0.2, 0.25) is 0 Å². The Hall–Kier alpha value is -3.93. The van der Waals surface area contributed by atoms with E-state index in [0.717, 1.165) is 10.6 Å². The van der Waals surface area contributed by atoms with E-state index in [-0.39, 0.29) is 18.7 Å². The molecule has 9 nitrogen and oxygen atoms in total.